The smallest absolute Gasteiger partial charge is 0.275 e. The zero-order valence-corrected chi connectivity index (χ0v) is 16.7. The van der Waals surface area contributed by atoms with Crippen LogP contribution in [0.1, 0.15) is 31.2 Å². The summed E-state index contributed by atoms with van der Waals surface area (Å²) in [6.45, 7) is 3.72. The fourth-order valence-electron chi connectivity index (χ4n) is 3.81. The molecule has 2 heterocycles. The first kappa shape index (κ1) is 19.2. The van der Waals surface area contributed by atoms with Gasteiger partial charge in [-0.1, -0.05) is 48.7 Å². The first-order valence-electron chi connectivity index (χ1n) is 10.2. The van der Waals surface area contributed by atoms with Gasteiger partial charge < -0.3 is 10.2 Å². The minimum absolute atomic E-state index is 0.113. The molecule has 1 N–H and O–H groups in total. The lowest BCUT2D eigenvalue weighted by molar-refractivity contribution is -0.117. The summed E-state index contributed by atoms with van der Waals surface area (Å²) in [4.78, 5) is 27.8. The van der Waals surface area contributed by atoms with Crippen LogP contribution in [0.15, 0.2) is 53.3 Å². The Kier molecular flexibility index (Phi) is 5.60. The van der Waals surface area contributed by atoms with Gasteiger partial charge in [0.2, 0.25) is 5.91 Å². The molecule has 3 aromatic rings. The van der Waals surface area contributed by atoms with Crippen molar-refractivity contribution in [3.63, 3.8) is 0 Å². The van der Waals surface area contributed by atoms with Crippen molar-refractivity contribution in [1.82, 2.24) is 9.78 Å². The number of nitrogens with zero attached hydrogens (tertiary/aromatic N) is 3. The first-order valence-corrected chi connectivity index (χ1v) is 10.2. The number of anilines is 2. The lowest BCUT2D eigenvalue weighted by Gasteiger charge is -2.23. The van der Waals surface area contributed by atoms with E-state index >= 15 is 0 Å². The Balaban J connectivity index is 1.66. The highest BCUT2D eigenvalue weighted by atomic mass is 16.2. The van der Waals surface area contributed by atoms with Crippen LogP contribution in [0.4, 0.5) is 11.5 Å². The van der Waals surface area contributed by atoms with E-state index in [4.69, 9.17) is 0 Å². The van der Waals surface area contributed by atoms with Gasteiger partial charge in [0.25, 0.3) is 5.56 Å². The van der Waals surface area contributed by atoms with Crippen molar-refractivity contribution in [3.05, 3.63) is 64.4 Å². The molecular formula is C23H26N4O2. The molecule has 0 unspecified atom stereocenters. The van der Waals surface area contributed by atoms with Gasteiger partial charge in [-0.15, -0.1) is 0 Å². The van der Waals surface area contributed by atoms with E-state index in [1.54, 1.807) is 0 Å². The van der Waals surface area contributed by atoms with Crippen molar-refractivity contribution in [2.24, 2.45) is 0 Å². The third-order valence-electron chi connectivity index (χ3n) is 5.38. The molecule has 1 fully saturated rings. The van der Waals surface area contributed by atoms with E-state index in [1.165, 1.54) is 17.5 Å². The highest BCUT2D eigenvalue weighted by Crippen LogP contribution is 2.24. The second kappa shape index (κ2) is 8.47. The predicted molar refractivity (Wildman–Crippen MR) is 116 cm³/mol. The van der Waals surface area contributed by atoms with Crippen LogP contribution < -0.4 is 15.8 Å². The van der Waals surface area contributed by atoms with Crippen molar-refractivity contribution in [2.45, 2.75) is 39.2 Å². The van der Waals surface area contributed by atoms with E-state index in [1.807, 2.05) is 55.5 Å². The molecule has 0 atom stereocenters. The summed E-state index contributed by atoms with van der Waals surface area (Å²) in [5.74, 6) is 0.533. The molecule has 6 heteroatoms. The van der Waals surface area contributed by atoms with E-state index in [-0.39, 0.29) is 18.0 Å². The fourth-order valence-corrected chi connectivity index (χ4v) is 3.81. The van der Waals surface area contributed by atoms with E-state index in [0.717, 1.165) is 42.7 Å². The number of aryl methyl sites for hydroxylation is 1. The molecule has 0 spiro atoms. The topological polar surface area (TPSA) is 67.2 Å². The summed E-state index contributed by atoms with van der Waals surface area (Å²) in [6.07, 6.45) is 4.66. The van der Waals surface area contributed by atoms with Crippen LogP contribution in [-0.2, 0) is 11.3 Å². The van der Waals surface area contributed by atoms with Crippen LogP contribution in [0.3, 0.4) is 0 Å². The van der Waals surface area contributed by atoms with E-state index in [2.05, 4.69) is 15.3 Å². The number of fused-ring (bicyclic) bond motifs is 1. The minimum atomic E-state index is -0.263. The van der Waals surface area contributed by atoms with Gasteiger partial charge in [0.15, 0.2) is 5.82 Å². The molecule has 29 heavy (non-hydrogen) atoms. The minimum Gasteiger partial charge on any atom is -0.355 e. The maximum Gasteiger partial charge on any atom is 0.275 e. The summed E-state index contributed by atoms with van der Waals surface area (Å²) in [5.41, 5.74) is 1.60. The summed E-state index contributed by atoms with van der Waals surface area (Å²) < 4.78 is 1.30. The summed E-state index contributed by atoms with van der Waals surface area (Å²) >= 11 is 0. The number of carbonyl (C=O) groups excluding carboxylic acids is 1. The second-order valence-electron chi connectivity index (χ2n) is 7.65. The van der Waals surface area contributed by atoms with Crippen LogP contribution in [-0.4, -0.2) is 28.8 Å². The Morgan fingerprint density at radius 1 is 0.966 bits per heavy atom. The predicted octanol–water partition coefficient (Wildman–Crippen LogP) is 3.72. The Hall–Kier alpha value is -3.15. The molecule has 6 nitrogen and oxygen atoms in total. The van der Waals surface area contributed by atoms with Gasteiger partial charge in [0.05, 0.1) is 5.39 Å². The Bertz CT molecular complexity index is 1060. The summed E-state index contributed by atoms with van der Waals surface area (Å²) in [5, 5.41) is 8.94. The van der Waals surface area contributed by atoms with Crippen molar-refractivity contribution in [3.8, 4) is 0 Å². The van der Waals surface area contributed by atoms with Gasteiger partial charge in [-0.05, 0) is 38.0 Å². The average Bonchev–Trinajstić information content (AvgIpc) is 3.01. The first-order chi connectivity index (χ1) is 14.1. The maximum absolute atomic E-state index is 13.0. The summed E-state index contributed by atoms with van der Waals surface area (Å²) in [7, 11) is 0. The Labute approximate surface area is 170 Å². The number of nitrogens with one attached hydrogen (secondary N) is 1. The number of hydrogen-bond donors (Lipinski definition) is 1. The van der Waals surface area contributed by atoms with Crippen LogP contribution in [0.5, 0.6) is 0 Å². The quantitative estimate of drug-likeness (QED) is 0.737. The maximum atomic E-state index is 13.0. The zero-order chi connectivity index (χ0) is 20.2. The molecule has 0 aliphatic carbocycles. The molecule has 0 bridgehead atoms. The van der Waals surface area contributed by atoms with Crippen molar-refractivity contribution in [2.75, 3.05) is 23.3 Å². The highest BCUT2D eigenvalue weighted by Gasteiger charge is 2.18. The van der Waals surface area contributed by atoms with Gasteiger partial charge in [-0.2, -0.15) is 5.10 Å². The van der Waals surface area contributed by atoms with Crippen LogP contribution in [0.25, 0.3) is 10.8 Å². The van der Waals surface area contributed by atoms with Gasteiger partial charge in [-0.3, -0.25) is 9.59 Å². The molecule has 150 valence electrons. The van der Waals surface area contributed by atoms with Gasteiger partial charge in [-0.25, -0.2) is 4.68 Å². The number of aromatic nitrogens is 2. The number of hydrogen-bond acceptors (Lipinski definition) is 4. The average molecular weight is 390 g/mol. The Morgan fingerprint density at radius 3 is 2.31 bits per heavy atom. The van der Waals surface area contributed by atoms with Gasteiger partial charge in [0.1, 0.15) is 6.54 Å². The molecule has 1 saturated heterocycles. The Morgan fingerprint density at radius 2 is 1.62 bits per heavy atom. The molecule has 1 aromatic heterocycles. The second-order valence-corrected chi connectivity index (χ2v) is 7.65. The number of rotatable bonds is 4. The standard InChI is InChI=1S/C23H26N4O2/c1-17-10-12-18(13-11-17)24-21(28)16-27-23(29)20-9-5-4-8-19(20)22(25-27)26-14-6-2-3-7-15-26/h4-5,8-13H,2-3,6-7,14-16H2,1H3,(H,24,28). The zero-order valence-electron chi connectivity index (χ0n) is 16.7. The van der Waals surface area contributed by atoms with Crippen molar-refractivity contribution in [1.29, 1.82) is 0 Å². The molecule has 2 aromatic carbocycles. The molecule has 1 aliphatic rings. The number of benzene rings is 2. The lowest BCUT2D eigenvalue weighted by Crippen LogP contribution is -2.33. The van der Waals surface area contributed by atoms with Crippen molar-refractivity contribution < 1.29 is 4.79 Å². The number of amides is 1. The largest absolute Gasteiger partial charge is 0.355 e. The third kappa shape index (κ3) is 4.31. The van der Waals surface area contributed by atoms with Gasteiger partial charge in [0, 0.05) is 24.2 Å². The lowest BCUT2D eigenvalue weighted by atomic mass is 10.1. The SMILES string of the molecule is Cc1ccc(NC(=O)Cn2nc(N3CCCCCC3)c3ccccc3c2=O)cc1. The van der Waals surface area contributed by atoms with E-state index in [9.17, 15) is 9.59 Å². The monoisotopic (exact) mass is 390 g/mol. The molecule has 1 amide bonds. The number of carbonyl (C=O) groups is 1. The van der Waals surface area contributed by atoms with Crippen LogP contribution in [0, 0.1) is 6.92 Å². The molecule has 0 radical (unpaired) electrons. The molecular weight excluding hydrogens is 364 g/mol. The molecule has 4 rings (SSSR count). The van der Waals surface area contributed by atoms with Crippen molar-refractivity contribution >= 4 is 28.2 Å². The van der Waals surface area contributed by atoms with Gasteiger partial charge >= 0.3 is 0 Å². The molecule has 1 aliphatic heterocycles. The third-order valence-corrected chi connectivity index (χ3v) is 5.38. The van der Waals surface area contributed by atoms with E-state index in [0.29, 0.717) is 11.1 Å². The van der Waals surface area contributed by atoms with Crippen LogP contribution >= 0.6 is 0 Å². The highest BCUT2D eigenvalue weighted by molar-refractivity contribution is 5.93. The summed E-state index contributed by atoms with van der Waals surface area (Å²) in [6, 6.07) is 15.1. The fraction of sp³-hybridized carbons (Fsp3) is 0.348. The normalized spacial score (nSPS) is 14.6. The van der Waals surface area contributed by atoms with E-state index < -0.39 is 0 Å². The van der Waals surface area contributed by atoms with Crippen LogP contribution in [0.2, 0.25) is 0 Å². The molecule has 0 saturated carbocycles.